The summed E-state index contributed by atoms with van der Waals surface area (Å²) in [7, 11) is -2.87. The lowest BCUT2D eigenvalue weighted by Crippen LogP contribution is -2.46. The van der Waals surface area contributed by atoms with Gasteiger partial charge in [-0.3, -0.25) is 5.43 Å². The number of hydrazine groups is 1. The number of hydrogen-bond acceptors (Lipinski definition) is 4. The lowest BCUT2D eigenvalue weighted by molar-refractivity contribution is 0.431. The molecule has 2 aliphatic rings. The quantitative estimate of drug-likeness (QED) is 0.271. The van der Waals surface area contributed by atoms with E-state index in [9.17, 15) is 8.42 Å². The first-order valence-electron chi connectivity index (χ1n) is 5.60. The van der Waals surface area contributed by atoms with Gasteiger partial charge in [-0.1, -0.05) is 0 Å². The summed E-state index contributed by atoms with van der Waals surface area (Å²) in [5.74, 6) is 6.53. The largest absolute Gasteiger partial charge is 0.341 e. The smallest absolute Gasteiger partial charge is 0.208 e. The van der Waals surface area contributed by atoms with Crippen LogP contribution in [0.15, 0.2) is 4.99 Å². The van der Waals surface area contributed by atoms with E-state index in [0.717, 1.165) is 12.8 Å². The molecule has 0 bridgehead atoms. The van der Waals surface area contributed by atoms with Gasteiger partial charge in [-0.05, 0) is 19.3 Å². The van der Waals surface area contributed by atoms with Crippen molar-refractivity contribution in [3.05, 3.63) is 0 Å². The van der Waals surface area contributed by atoms with Crippen LogP contribution in [0, 0.1) is 0 Å². The van der Waals surface area contributed by atoms with Crippen molar-refractivity contribution in [2.75, 3.05) is 24.6 Å². The summed E-state index contributed by atoms with van der Waals surface area (Å²) in [5, 5.41) is 0. The lowest BCUT2D eigenvalue weighted by Gasteiger charge is -2.22. The molecule has 0 aromatic rings. The third kappa shape index (κ3) is 3.08. The van der Waals surface area contributed by atoms with Gasteiger partial charge in [-0.15, -0.1) is 0 Å². The first-order valence-corrected chi connectivity index (χ1v) is 7.43. The Morgan fingerprint density at radius 1 is 1.31 bits per heavy atom. The Balaban J connectivity index is 2.02. The first-order chi connectivity index (χ1) is 7.61. The van der Waals surface area contributed by atoms with Gasteiger partial charge in [-0.25, -0.2) is 19.3 Å². The highest BCUT2D eigenvalue weighted by molar-refractivity contribution is 7.91. The normalized spacial score (nSPS) is 26.3. The Hall–Kier alpha value is -0.820. The molecule has 0 amide bonds. The molecule has 0 atom stereocenters. The van der Waals surface area contributed by atoms with Gasteiger partial charge in [0.05, 0.1) is 17.5 Å². The monoisotopic (exact) mass is 246 g/mol. The summed E-state index contributed by atoms with van der Waals surface area (Å²) in [4.78, 5) is 6.36. The molecule has 6 nitrogen and oxygen atoms in total. The predicted octanol–water partition coefficient (Wildman–Crippen LogP) is -0.911. The summed E-state index contributed by atoms with van der Waals surface area (Å²) in [6.45, 7) is 1.19. The molecule has 92 valence electrons. The average Bonchev–Trinajstić information content (AvgIpc) is 3.03. The molecule has 0 aromatic carbocycles. The molecule has 2 rings (SSSR count). The van der Waals surface area contributed by atoms with E-state index in [1.54, 1.807) is 0 Å². The van der Waals surface area contributed by atoms with E-state index in [4.69, 9.17) is 5.84 Å². The molecule has 1 aliphatic carbocycles. The maximum Gasteiger partial charge on any atom is 0.208 e. The van der Waals surface area contributed by atoms with Gasteiger partial charge < -0.3 is 4.90 Å². The second-order valence-corrected chi connectivity index (χ2v) is 6.62. The molecular formula is C9H18N4O2S. The fourth-order valence-electron chi connectivity index (χ4n) is 1.74. The maximum atomic E-state index is 11.4. The van der Waals surface area contributed by atoms with Crippen molar-refractivity contribution in [3.8, 4) is 0 Å². The van der Waals surface area contributed by atoms with Gasteiger partial charge in [0, 0.05) is 13.1 Å². The third-order valence-corrected chi connectivity index (χ3v) is 4.55. The number of guanidine groups is 1. The number of sulfone groups is 1. The van der Waals surface area contributed by atoms with Crippen molar-refractivity contribution in [2.45, 2.75) is 25.3 Å². The molecule has 7 heteroatoms. The van der Waals surface area contributed by atoms with E-state index in [2.05, 4.69) is 10.4 Å². The van der Waals surface area contributed by atoms with Gasteiger partial charge in [0.25, 0.3) is 0 Å². The molecule has 1 saturated heterocycles. The van der Waals surface area contributed by atoms with Crippen LogP contribution in [0.1, 0.15) is 19.3 Å². The summed E-state index contributed by atoms with van der Waals surface area (Å²) in [5.41, 5.74) is 2.58. The molecule has 0 radical (unpaired) electrons. The second kappa shape index (κ2) is 4.58. The third-order valence-electron chi connectivity index (χ3n) is 2.84. The molecule has 1 saturated carbocycles. The minimum atomic E-state index is -2.87. The van der Waals surface area contributed by atoms with E-state index in [1.807, 2.05) is 4.90 Å². The Morgan fingerprint density at radius 3 is 2.69 bits per heavy atom. The van der Waals surface area contributed by atoms with Crippen LogP contribution in [-0.4, -0.2) is 49.9 Å². The van der Waals surface area contributed by atoms with Gasteiger partial charge in [0.1, 0.15) is 0 Å². The van der Waals surface area contributed by atoms with Crippen LogP contribution < -0.4 is 11.3 Å². The number of aliphatic imine (C=N–C) groups is 1. The van der Waals surface area contributed by atoms with Crippen molar-refractivity contribution in [1.29, 1.82) is 0 Å². The Labute approximate surface area is 95.8 Å². The molecule has 0 aromatic heterocycles. The van der Waals surface area contributed by atoms with Crippen LogP contribution in [-0.2, 0) is 9.84 Å². The summed E-state index contributed by atoms with van der Waals surface area (Å²) < 4.78 is 22.9. The highest BCUT2D eigenvalue weighted by Crippen LogP contribution is 2.23. The molecule has 1 heterocycles. The Bertz CT molecular complexity index is 375. The van der Waals surface area contributed by atoms with Crippen LogP contribution in [0.25, 0.3) is 0 Å². The molecule has 0 spiro atoms. The maximum absolute atomic E-state index is 11.4. The highest BCUT2D eigenvalue weighted by atomic mass is 32.2. The predicted molar refractivity (Wildman–Crippen MR) is 62.6 cm³/mol. The molecule has 0 unspecified atom stereocenters. The van der Waals surface area contributed by atoms with Gasteiger partial charge in [0.15, 0.2) is 9.84 Å². The number of hydrogen-bond donors (Lipinski definition) is 2. The van der Waals surface area contributed by atoms with Crippen molar-refractivity contribution in [3.63, 3.8) is 0 Å². The van der Waals surface area contributed by atoms with Crippen molar-refractivity contribution in [2.24, 2.45) is 10.8 Å². The van der Waals surface area contributed by atoms with Crippen LogP contribution in [0.4, 0.5) is 0 Å². The van der Waals surface area contributed by atoms with E-state index >= 15 is 0 Å². The SMILES string of the molecule is NNC(=NC1CC1)N1CCCS(=O)(=O)CC1. The van der Waals surface area contributed by atoms with Crippen LogP contribution >= 0.6 is 0 Å². The molecule has 2 fully saturated rings. The van der Waals surface area contributed by atoms with Gasteiger partial charge >= 0.3 is 0 Å². The Kier molecular flexibility index (Phi) is 3.34. The highest BCUT2D eigenvalue weighted by Gasteiger charge is 2.25. The van der Waals surface area contributed by atoms with Crippen LogP contribution in [0.3, 0.4) is 0 Å². The van der Waals surface area contributed by atoms with Crippen molar-refractivity contribution in [1.82, 2.24) is 10.3 Å². The zero-order valence-corrected chi connectivity index (χ0v) is 10.0. The van der Waals surface area contributed by atoms with Crippen molar-refractivity contribution >= 4 is 15.8 Å². The number of nitrogens with one attached hydrogen (secondary N) is 1. The minimum absolute atomic E-state index is 0.193. The van der Waals surface area contributed by atoms with E-state index in [0.29, 0.717) is 31.5 Å². The Morgan fingerprint density at radius 2 is 2.06 bits per heavy atom. The second-order valence-electron chi connectivity index (χ2n) is 4.32. The number of nitrogens with zero attached hydrogens (tertiary/aromatic N) is 2. The average molecular weight is 246 g/mol. The lowest BCUT2D eigenvalue weighted by atomic mass is 10.4. The van der Waals surface area contributed by atoms with E-state index in [-0.39, 0.29) is 11.5 Å². The number of nitrogens with two attached hydrogens (primary N) is 1. The zero-order valence-electron chi connectivity index (χ0n) is 9.22. The summed E-state index contributed by atoms with van der Waals surface area (Å²) in [6.07, 6.45) is 2.86. The number of rotatable bonds is 1. The zero-order chi connectivity index (χ0) is 11.6. The topological polar surface area (TPSA) is 87.8 Å². The van der Waals surface area contributed by atoms with Gasteiger partial charge in [-0.2, -0.15) is 0 Å². The minimum Gasteiger partial charge on any atom is -0.341 e. The van der Waals surface area contributed by atoms with Crippen LogP contribution in [0.2, 0.25) is 0 Å². The van der Waals surface area contributed by atoms with E-state index in [1.165, 1.54) is 0 Å². The standard InChI is InChI=1S/C9H18N4O2S/c10-12-9(11-8-2-3-8)13-4-1-6-16(14,15)7-5-13/h8H,1-7,10H2,(H,11,12). The molecule has 3 N–H and O–H groups in total. The summed E-state index contributed by atoms with van der Waals surface area (Å²) in [6, 6.07) is 0.380. The fraction of sp³-hybridized carbons (Fsp3) is 0.889. The van der Waals surface area contributed by atoms with Crippen molar-refractivity contribution < 1.29 is 8.42 Å². The fourth-order valence-corrected chi connectivity index (χ4v) is 3.01. The van der Waals surface area contributed by atoms with Gasteiger partial charge in [0.2, 0.25) is 5.96 Å². The molecule has 1 aliphatic heterocycles. The van der Waals surface area contributed by atoms with Crippen LogP contribution in [0.5, 0.6) is 0 Å². The first kappa shape index (κ1) is 11.7. The summed E-state index contributed by atoms with van der Waals surface area (Å²) >= 11 is 0. The van der Waals surface area contributed by atoms with E-state index < -0.39 is 9.84 Å². The molecular weight excluding hydrogens is 228 g/mol. The molecule has 16 heavy (non-hydrogen) atoms.